The lowest BCUT2D eigenvalue weighted by Gasteiger charge is -2.30. The molecular formula is C24H26ClFN4O2S. The Bertz CT molecular complexity index is 1050. The van der Waals surface area contributed by atoms with Crippen LogP contribution in [0.15, 0.2) is 57.9 Å². The van der Waals surface area contributed by atoms with Gasteiger partial charge < -0.3 is 9.84 Å². The Morgan fingerprint density at radius 2 is 2.00 bits per heavy atom. The summed E-state index contributed by atoms with van der Waals surface area (Å²) in [5, 5.41) is 7.81. The second-order valence-corrected chi connectivity index (χ2v) is 9.64. The molecule has 0 spiro atoms. The lowest BCUT2D eigenvalue weighted by Crippen LogP contribution is -2.43. The highest BCUT2D eigenvalue weighted by Crippen LogP contribution is 2.22. The summed E-state index contributed by atoms with van der Waals surface area (Å²) in [6, 6.07) is 13.8. The van der Waals surface area contributed by atoms with Gasteiger partial charge >= 0.3 is 0 Å². The van der Waals surface area contributed by atoms with Crippen LogP contribution in [-0.2, 0) is 11.3 Å². The van der Waals surface area contributed by atoms with Crippen molar-refractivity contribution in [3.05, 3.63) is 65.3 Å². The average molecular weight is 489 g/mol. The van der Waals surface area contributed by atoms with Crippen molar-refractivity contribution in [3.63, 3.8) is 0 Å². The quantitative estimate of drug-likeness (QED) is 0.336. The number of piperidine rings is 1. The number of nitrogens with zero attached hydrogens (tertiary/aromatic N) is 3. The Balaban J connectivity index is 1.19. The van der Waals surface area contributed by atoms with E-state index in [0.29, 0.717) is 36.9 Å². The number of amides is 1. The molecule has 0 bridgehead atoms. The number of aromatic nitrogens is 2. The van der Waals surface area contributed by atoms with E-state index < -0.39 is 0 Å². The van der Waals surface area contributed by atoms with Gasteiger partial charge in [0.15, 0.2) is 0 Å². The Kier molecular flexibility index (Phi) is 8.36. The van der Waals surface area contributed by atoms with Gasteiger partial charge in [-0.15, -0.1) is 11.8 Å². The largest absolute Gasteiger partial charge is 0.356 e. The maximum absolute atomic E-state index is 13.1. The summed E-state index contributed by atoms with van der Waals surface area (Å²) in [4.78, 5) is 20.4. The van der Waals surface area contributed by atoms with Crippen LogP contribution in [0, 0.1) is 11.7 Å². The topological polar surface area (TPSA) is 71.3 Å². The number of hydrogen-bond donors (Lipinski definition) is 1. The van der Waals surface area contributed by atoms with Crippen LogP contribution in [-0.4, -0.2) is 46.3 Å². The van der Waals surface area contributed by atoms with Gasteiger partial charge in [-0.1, -0.05) is 16.8 Å². The van der Waals surface area contributed by atoms with Gasteiger partial charge in [-0.05, 0) is 80.1 Å². The number of carbonyl (C=O) groups is 1. The first kappa shape index (κ1) is 23.7. The molecule has 9 heteroatoms. The number of likely N-dealkylation sites (tertiary alicyclic amines) is 1. The van der Waals surface area contributed by atoms with Crippen molar-refractivity contribution in [3.8, 4) is 11.4 Å². The Labute approximate surface area is 201 Å². The summed E-state index contributed by atoms with van der Waals surface area (Å²) >= 11 is 7.67. The van der Waals surface area contributed by atoms with E-state index in [9.17, 15) is 9.18 Å². The number of carbonyl (C=O) groups excluding carboxylic acids is 1. The zero-order valence-electron chi connectivity index (χ0n) is 18.2. The van der Waals surface area contributed by atoms with Crippen molar-refractivity contribution in [2.45, 2.75) is 30.7 Å². The van der Waals surface area contributed by atoms with E-state index >= 15 is 0 Å². The van der Waals surface area contributed by atoms with Crippen LogP contribution in [0.25, 0.3) is 11.4 Å². The van der Waals surface area contributed by atoms with Gasteiger partial charge in [0.2, 0.25) is 17.6 Å². The lowest BCUT2D eigenvalue weighted by atomic mass is 9.97. The lowest BCUT2D eigenvalue weighted by molar-refractivity contribution is -0.126. The highest BCUT2D eigenvalue weighted by Gasteiger charge is 2.26. The standard InChI is InChI=1S/C24H26ClFN4O2S/c25-19-6-10-21(11-7-19)33-14-2-12-27-24(31)18-3-1-13-30(15-18)16-22-28-23(29-32-22)17-4-8-20(26)9-5-17/h4-11,18H,1-3,12-16H2,(H,27,31). The maximum Gasteiger partial charge on any atom is 0.241 e. The third-order valence-corrected chi connectivity index (χ3v) is 6.86. The molecule has 0 aliphatic carbocycles. The molecule has 1 aliphatic heterocycles. The van der Waals surface area contributed by atoms with Gasteiger partial charge in [0.05, 0.1) is 12.5 Å². The SMILES string of the molecule is O=C(NCCCSc1ccc(Cl)cc1)C1CCCN(Cc2nc(-c3ccc(F)cc3)no2)C1. The van der Waals surface area contributed by atoms with Gasteiger partial charge in [-0.2, -0.15) is 4.98 Å². The Morgan fingerprint density at radius 1 is 1.21 bits per heavy atom. The average Bonchev–Trinajstić information content (AvgIpc) is 3.29. The van der Waals surface area contributed by atoms with Crippen molar-refractivity contribution in [2.75, 3.05) is 25.4 Å². The van der Waals surface area contributed by atoms with Crippen molar-refractivity contribution < 1.29 is 13.7 Å². The van der Waals surface area contributed by atoms with Crippen LogP contribution in [0.1, 0.15) is 25.2 Å². The van der Waals surface area contributed by atoms with Gasteiger partial charge in [0.1, 0.15) is 5.82 Å². The van der Waals surface area contributed by atoms with E-state index in [1.807, 2.05) is 24.3 Å². The minimum absolute atomic E-state index is 0.0397. The molecule has 3 aromatic rings. The zero-order chi connectivity index (χ0) is 23.0. The van der Waals surface area contributed by atoms with E-state index in [4.69, 9.17) is 16.1 Å². The van der Waals surface area contributed by atoms with Crippen molar-refractivity contribution in [2.24, 2.45) is 5.92 Å². The molecular weight excluding hydrogens is 463 g/mol. The first-order valence-corrected chi connectivity index (χ1v) is 12.4. The van der Waals surface area contributed by atoms with Crippen LogP contribution in [0.2, 0.25) is 5.02 Å². The third-order valence-electron chi connectivity index (χ3n) is 5.51. The fraction of sp³-hybridized carbons (Fsp3) is 0.375. The Morgan fingerprint density at radius 3 is 2.79 bits per heavy atom. The summed E-state index contributed by atoms with van der Waals surface area (Å²) < 4.78 is 18.5. The number of hydrogen-bond acceptors (Lipinski definition) is 6. The normalized spacial score (nSPS) is 16.6. The molecule has 174 valence electrons. The van der Waals surface area contributed by atoms with Crippen LogP contribution < -0.4 is 5.32 Å². The Hall–Kier alpha value is -2.42. The van der Waals surface area contributed by atoms with Gasteiger partial charge in [-0.25, -0.2) is 4.39 Å². The second-order valence-electron chi connectivity index (χ2n) is 8.04. The molecule has 2 aromatic carbocycles. The summed E-state index contributed by atoms with van der Waals surface area (Å²) in [5.41, 5.74) is 0.705. The number of benzene rings is 2. The minimum atomic E-state index is -0.305. The van der Waals surface area contributed by atoms with E-state index in [1.54, 1.807) is 23.9 Å². The highest BCUT2D eigenvalue weighted by atomic mass is 35.5. The maximum atomic E-state index is 13.1. The van der Waals surface area contributed by atoms with Crippen molar-refractivity contribution >= 4 is 29.3 Å². The first-order valence-electron chi connectivity index (χ1n) is 11.0. The van der Waals surface area contributed by atoms with Gasteiger partial charge in [-0.3, -0.25) is 9.69 Å². The fourth-order valence-corrected chi connectivity index (χ4v) is 4.77. The van der Waals surface area contributed by atoms with E-state index in [1.165, 1.54) is 17.0 Å². The third kappa shape index (κ3) is 7.03. The number of thioether (sulfide) groups is 1. The molecule has 2 heterocycles. The monoisotopic (exact) mass is 488 g/mol. The predicted molar refractivity (Wildman–Crippen MR) is 127 cm³/mol. The first-order chi connectivity index (χ1) is 16.1. The molecule has 1 unspecified atom stereocenters. The number of halogens is 2. The molecule has 1 aromatic heterocycles. The molecule has 1 atom stereocenters. The van der Waals surface area contributed by atoms with Crippen LogP contribution in [0.3, 0.4) is 0 Å². The molecule has 1 fully saturated rings. The van der Waals surface area contributed by atoms with Gasteiger partial charge in [0.25, 0.3) is 0 Å². The number of nitrogens with one attached hydrogen (secondary N) is 1. The summed E-state index contributed by atoms with van der Waals surface area (Å²) in [6.07, 6.45) is 2.74. The van der Waals surface area contributed by atoms with E-state index in [0.717, 1.165) is 36.6 Å². The highest BCUT2D eigenvalue weighted by molar-refractivity contribution is 7.99. The van der Waals surface area contributed by atoms with Crippen LogP contribution in [0.4, 0.5) is 4.39 Å². The van der Waals surface area contributed by atoms with E-state index in [2.05, 4.69) is 20.4 Å². The summed E-state index contributed by atoms with van der Waals surface area (Å²) in [7, 11) is 0. The second kappa shape index (κ2) is 11.6. The minimum Gasteiger partial charge on any atom is -0.356 e. The molecule has 4 rings (SSSR count). The summed E-state index contributed by atoms with van der Waals surface area (Å²) in [5.74, 6) is 1.63. The van der Waals surface area contributed by atoms with E-state index in [-0.39, 0.29) is 17.6 Å². The van der Waals surface area contributed by atoms with Crippen molar-refractivity contribution in [1.29, 1.82) is 0 Å². The molecule has 0 saturated carbocycles. The molecule has 0 radical (unpaired) electrons. The molecule has 1 amide bonds. The van der Waals surface area contributed by atoms with Crippen LogP contribution in [0.5, 0.6) is 0 Å². The van der Waals surface area contributed by atoms with Gasteiger partial charge in [0, 0.05) is 28.6 Å². The summed E-state index contributed by atoms with van der Waals surface area (Å²) in [6.45, 7) is 2.71. The van der Waals surface area contributed by atoms with Crippen molar-refractivity contribution in [1.82, 2.24) is 20.4 Å². The molecule has 1 saturated heterocycles. The molecule has 6 nitrogen and oxygen atoms in total. The van der Waals surface area contributed by atoms with Crippen LogP contribution >= 0.6 is 23.4 Å². The fourth-order valence-electron chi connectivity index (χ4n) is 3.79. The molecule has 1 aliphatic rings. The molecule has 33 heavy (non-hydrogen) atoms. The molecule has 1 N–H and O–H groups in total. The zero-order valence-corrected chi connectivity index (χ0v) is 19.7. The number of rotatable bonds is 9. The smallest absolute Gasteiger partial charge is 0.241 e. The predicted octanol–water partition coefficient (Wildman–Crippen LogP) is 5.04.